The predicted octanol–water partition coefficient (Wildman–Crippen LogP) is 2.42. The van der Waals surface area contributed by atoms with Gasteiger partial charge < -0.3 is 10.6 Å². The van der Waals surface area contributed by atoms with Crippen LogP contribution in [0.4, 0.5) is 11.6 Å². The van der Waals surface area contributed by atoms with E-state index in [1.54, 1.807) is 12.1 Å². The summed E-state index contributed by atoms with van der Waals surface area (Å²) >= 11 is 12.2. The smallest absolute Gasteiger partial charge is 0.246 e. The molecule has 3 heterocycles. The summed E-state index contributed by atoms with van der Waals surface area (Å²) in [4.78, 5) is 14.7. The molecule has 1 aliphatic rings. The lowest BCUT2D eigenvalue weighted by Crippen LogP contribution is -2.49. The Hall–Kier alpha value is -2.20. The molecule has 8 nitrogen and oxygen atoms in total. The Morgan fingerprint density at radius 3 is 2.32 bits per heavy atom. The second-order valence-electron chi connectivity index (χ2n) is 6.25. The van der Waals surface area contributed by atoms with E-state index >= 15 is 0 Å². The fourth-order valence-corrected chi connectivity index (χ4v) is 5.71. The van der Waals surface area contributed by atoms with Gasteiger partial charge in [-0.25, -0.2) is 23.4 Å². The maximum atomic E-state index is 13.0. The Kier molecular flexibility index (Phi) is 5.00. The highest BCUT2D eigenvalue weighted by Crippen LogP contribution is 2.32. The van der Waals surface area contributed by atoms with Crippen molar-refractivity contribution in [2.24, 2.45) is 0 Å². The first kappa shape index (κ1) is 19.1. The molecule has 0 amide bonds. The standard InChI is InChI=1S/C17H16Cl2N6O2S/c18-12-2-1-3-13(19)15(12)28(26,27)25-8-6-24(7-9-25)17-11-4-5-14(20)23-16(11)21-10-22-17/h1-5,10H,6-9H2,(H2,20,21,22,23). The lowest BCUT2D eigenvalue weighted by molar-refractivity contribution is 0.384. The average molecular weight is 439 g/mol. The molecule has 0 spiro atoms. The van der Waals surface area contributed by atoms with Crippen LogP contribution < -0.4 is 10.6 Å². The minimum absolute atomic E-state index is 0.0565. The number of fused-ring (bicyclic) bond motifs is 1. The van der Waals surface area contributed by atoms with Crippen molar-refractivity contribution in [1.29, 1.82) is 0 Å². The fourth-order valence-electron chi connectivity index (χ4n) is 3.19. The van der Waals surface area contributed by atoms with Gasteiger partial charge in [-0.15, -0.1) is 0 Å². The molecule has 1 aromatic carbocycles. The first-order valence-corrected chi connectivity index (χ1v) is 10.6. The molecule has 0 atom stereocenters. The third kappa shape index (κ3) is 3.35. The number of anilines is 2. The van der Waals surface area contributed by atoms with Gasteiger partial charge in [0.05, 0.1) is 15.4 Å². The molecule has 0 radical (unpaired) electrons. The molecule has 2 aromatic heterocycles. The van der Waals surface area contributed by atoms with E-state index in [9.17, 15) is 8.42 Å². The highest BCUT2D eigenvalue weighted by atomic mass is 35.5. The minimum atomic E-state index is -3.80. The number of hydrogen-bond donors (Lipinski definition) is 1. The van der Waals surface area contributed by atoms with E-state index in [4.69, 9.17) is 28.9 Å². The molecule has 3 aromatic rings. The van der Waals surface area contributed by atoms with Gasteiger partial charge in [0.2, 0.25) is 10.0 Å². The first-order valence-electron chi connectivity index (χ1n) is 8.44. The normalized spacial score (nSPS) is 15.9. The zero-order chi connectivity index (χ0) is 19.9. The van der Waals surface area contributed by atoms with Crippen molar-refractivity contribution in [3.05, 3.63) is 46.7 Å². The van der Waals surface area contributed by atoms with Gasteiger partial charge in [0.1, 0.15) is 22.9 Å². The van der Waals surface area contributed by atoms with E-state index in [0.29, 0.717) is 30.4 Å². The average Bonchev–Trinajstić information content (AvgIpc) is 2.67. The van der Waals surface area contributed by atoms with E-state index in [1.807, 2.05) is 11.0 Å². The molecule has 146 valence electrons. The van der Waals surface area contributed by atoms with Crippen LogP contribution in [0.2, 0.25) is 10.0 Å². The third-order valence-electron chi connectivity index (χ3n) is 4.55. The number of rotatable bonds is 3. The Labute approximate surface area is 172 Å². The van der Waals surface area contributed by atoms with Crippen LogP contribution in [0.15, 0.2) is 41.6 Å². The van der Waals surface area contributed by atoms with Crippen LogP contribution in [0.1, 0.15) is 0 Å². The maximum absolute atomic E-state index is 13.0. The van der Waals surface area contributed by atoms with Crippen molar-refractivity contribution in [3.8, 4) is 0 Å². The molecule has 0 bridgehead atoms. The highest BCUT2D eigenvalue weighted by Gasteiger charge is 2.32. The summed E-state index contributed by atoms with van der Waals surface area (Å²) in [7, 11) is -3.80. The topological polar surface area (TPSA) is 105 Å². The zero-order valence-corrected chi connectivity index (χ0v) is 16.9. The van der Waals surface area contributed by atoms with Crippen molar-refractivity contribution in [2.45, 2.75) is 4.90 Å². The largest absolute Gasteiger partial charge is 0.384 e. The first-order chi connectivity index (χ1) is 13.4. The maximum Gasteiger partial charge on any atom is 0.246 e. The van der Waals surface area contributed by atoms with Crippen LogP contribution in [0.3, 0.4) is 0 Å². The van der Waals surface area contributed by atoms with Gasteiger partial charge in [-0.2, -0.15) is 4.31 Å². The van der Waals surface area contributed by atoms with Gasteiger partial charge >= 0.3 is 0 Å². The van der Waals surface area contributed by atoms with E-state index in [1.165, 1.54) is 22.8 Å². The number of nitrogens with two attached hydrogens (primary N) is 1. The number of piperazine rings is 1. The summed E-state index contributed by atoms with van der Waals surface area (Å²) < 4.78 is 27.4. The minimum Gasteiger partial charge on any atom is -0.384 e. The molecule has 4 rings (SSSR count). The molecule has 2 N–H and O–H groups in total. The monoisotopic (exact) mass is 438 g/mol. The fraction of sp³-hybridized carbons (Fsp3) is 0.235. The van der Waals surface area contributed by atoms with E-state index in [0.717, 1.165) is 5.39 Å². The number of benzene rings is 1. The van der Waals surface area contributed by atoms with Crippen LogP contribution in [0, 0.1) is 0 Å². The second kappa shape index (κ2) is 7.32. The summed E-state index contributed by atoms with van der Waals surface area (Å²) in [6.07, 6.45) is 1.43. The molecule has 1 aliphatic heterocycles. The van der Waals surface area contributed by atoms with Crippen LogP contribution >= 0.6 is 23.2 Å². The molecule has 1 fully saturated rings. The van der Waals surface area contributed by atoms with Gasteiger partial charge in [-0.05, 0) is 24.3 Å². The number of sulfonamides is 1. The molecule has 0 saturated carbocycles. The molecule has 0 aliphatic carbocycles. The van der Waals surface area contributed by atoms with Gasteiger partial charge in [0.25, 0.3) is 0 Å². The van der Waals surface area contributed by atoms with Crippen molar-refractivity contribution in [3.63, 3.8) is 0 Å². The summed E-state index contributed by atoms with van der Waals surface area (Å²) in [5.74, 6) is 1.08. The van der Waals surface area contributed by atoms with E-state index in [2.05, 4.69) is 15.0 Å². The van der Waals surface area contributed by atoms with Gasteiger partial charge in [-0.1, -0.05) is 29.3 Å². The number of aromatic nitrogens is 3. The Morgan fingerprint density at radius 1 is 0.964 bits per heavy atom. The Morgan fingerprint density at radius 2 is 1.64 bits per heavy atom. The number of pyridine rings is 1. The predicted molar refractivity (Wildman–Crippen MR) is 109 cm³/mol. The number of halogens is 2. The molecule has 0 unspecified atom stereocenters. The Bertz CT molecular complexity index is 1130. The van der Waals surface area contributed by atoms with Crippen LogP contribution in [-0.4, -0.2) is 53.9 Å². The molecular formula is C17H16Cl2N6O2S. The van der Waals surface area contributed by atoms with Gasteiger partial charge in [0.15, 0.2) is 5.65 Å². The number of hydrogen-bond acceptors (Lipinski definition) is 7. The second-order valence-corrected chi connectivity index (χ2v) is 8.94. The molecule has 11 heteroatoms. The van der Waals surface area contributed by atoms with Crippen molar-refractivity contribution in [2.75, 3.05) is 36.8 Å². The highest BCUT2D eigenvalue weighted by molar-refractivity contribution is 7.89. The lowest BCUT2D eigenvalue weighted by Gasteiger charge is -2.35. The molecule has 28 heavy (non-hydrogen) atoms. The summed E-state index contributed by atoms with van der Waals surface area (Å²) in [5.41, 5.74) is 6.22. The lowest BCUT2D eigenvalue weighted by atomic mass is 10.2. The summed E-state index contributed by atoms with van der Waals surface area (Å²) in [5, 5.41) is 0.989. The quantitative estimate of drug-likeness (QED) is 0.668. The molecule has 1 saturated heterocycles. The van der Waals surface area contributed by atoms with E-state index in [-0.39, 0.29) is 28.0 Å². The van der Waals surface area contributed by atoms with Crippen molar-refractivity contribution < 1.29 is 8.42 Å². The summed E-state index contributed by atoms with van der Waals surface area (Å²) in [6.45, 7) is 1.46. The van der Waals surface area contributed by atoms with Crippen LogP contribution in [-0.2, 0) is 10.0 Å². The summed E-state index contributed by atoms with van der Waals surface area (Å²) in [6, 6.07) is 8.15. The zero-order valence-electron chi connectivity index (χ0n) is 14.6. The number of nitrogen functional groups attached to an aromatic ring is 1. The van der Waals surface area contributed by atoms with Crippen molar-refractivity contribution in [1.82, 2.24) is 19.3 Å². The van der Waals surface area contributed by atoms with Gasteiger partial charge in [-0.3, -0.25) is 0 Å². The van der Waals surface area contributed by atoms with E-state index < -0.39 is 10.0 Å². The Balaban J connectivity index is 1.59. The van der Waals surface area contributed by atoms with Crippen molar-refractivity contribution >= 4 is 55.9 Å². The SMILES string of the molecule is Nc1ccc2c(N3CCN(S(=O)(=O)c4c(Cl)cccc4Cl)CC3)ncnc2n1. The van der Waals surface area contributed by atoms with Gasteiger partial charge in [0, 0.05) is 26.2 Å². The third-order valence-corrected chi connectivity index (χ3v) is 7.41. The van der Waals surface area contributed by atoms with Crippen LogP contribution in [0.25, 0.3) is 11.0 Å². The number of nitrogens with zero attached hydrogens (tertiary/aromatic N) is 5. The molecular weight excluding hydrogens is 423 g/mol. The van der Waals surface area contributed by atoms with Crippen LogP contribution in [0.5, 0.6) is 0 Å².